The largest absolute Gasteiger partial charge is 0.389 e. The van der Waals surface area contributed by atoms with Crippen LogP contribution >= 0.6 is 12.2 Å². The van der Waals surface area contributed by atoms with E-state index >= 15 is 0 Å². The number of urea groups is 1. The SMILES string of the molecule is CNC(=O)NCc1ccc(C(N)=S)cc1. The summed E-state index contributed by atoms with van der Waals surface area (Å²) in [5.41, 5.74) is 7.29. The van der Waals surface area contributed by atoms with Crippen molar-refractivity contribution in [3.8, 4) is 0 Å². The quantitative estimate of drug-likeness (QED) is 0.662. The first-order valence-corrected chi connectivity index (χ1v) is 4.88. The molecule has 0 saturated carbocycles. The summed E-state index contributed by atoms with van der Waals surface area (Å²) in [4.78, 5) is 11.3. The molecule has 4 N–H and O–H groups in total. The molecule has 2 amide bonds. The number of benzene rings is 1. The zero-order valence-electron chi connectivity index (χ0n) is 8.41. The minimum atomic E-state index is -0.201. The molecule has 1 aromatic carbocycles. The number of nitrogens with one attached hydrogen (secondary N) is 2. The van der Waals surface area contributed by atoms with E-state index in [1.165, 1.54) is 0 Å². The Bertz CT molecular complexity index is 361. The number of thiocarbonyl (C=S) groups is 1. The summed E-state index contributed by atoms with van der Waals surface area (Å²) in [6.45, 7) is 0.483. The van der Waals surface area contributed by atoms with E-state index in [-0.39, 0.29) is 6.03 Å². The molecule has 0 radical (unpaired) electrons. The lowest BCUT2D eigenvalue weighted by Crippen LogP contribution is -2.32. The first-order valence-electron chi connectivity index (χ1n) is 4.48. The van der Waals surface area contributed by atoms with E-state index in [1.54, 1.807) is 7.05 Å². The van der Waals surface area contributed by atoms with Gasteiger partial charge in [-0.3, -0.25) is 0 Å². The van der Waals surface area contributed by atoms with Crippen LogP contribution in [0.3, 0.4) is 0 Å². The van der Waals surface area contributed by atoms with Gasteiger partial charge in [0, 0.05) is 19.2 Å². The Balaban J connectivity index is 2.57. The summed E-state index contributed by atoms with van der Waals surface area (Å²) in [5, 5.41) is 5.16. The molecule has 1 rings (SSSR count). The molecule has 0 saturated heterocycles. The molecule has 5 heteroatoms. The fourth-order valence-electron chi connectivity index (χ4n) is 1.06. The summed E-state index contributed by atoms with van der Waals surface area (Å²) in [7, 11) is 1.57. The average Bonchev–Trinajstić information content (AvgIpc) is 2.26. The summed E-state index contributed by atoms with van der Waals surface area (Å²) < 4.78 is 0. The van der Waals surface area contributed by atoms with Gasteiger partial charge in [0.1, 0.15) is 4.99 Å². The molecule has 0 aromatic heterocycles. The van der Waals surface area contributed by atoms with Crippen molar-refractivity contribution in [2.24, 2.45) is 5.73 Å². The Morgan fingerprint density at radius 1 is 1.40 bits per heavy atom. The standard InChI is InChI=1S/C10H13N3OS/c1-12-10(14)13-6-7-2-4-8(5-3-7)9(11)15/h2-5H,6H2,1H3,(H2,11,15)(H2,12,13,14). The van der Waals surface area contributed by atoms with E-state index in [1.807, 2.05) is 24.3 Å². The summed E-state index contributed by atoms with van der Waals surface area (Å²) in [6, 6.07) is 7.23. The van der Waals surface area contributed by atoms with E-state index in [2.05, 4.69) is 10.6 Å². The van der Waals surface area contributed by atoms with E-state index in [9.17, 15) is 4.79 Å². The maximum absolute atomic E-state index is 10.9. The van der Waals surface area contributed by atoms with Gasteiger partial charge in [0.25, 0.3) is 0 Å². The van der Waals surface area contributed by atoms with Gasteiger partial charge < -0.3 is 16.4 Å². The van der Waals surface area contributed by atoms with Crippen LogP contribution in [0.2, 0.25) is 0 Å². The van der Waals surface area contributed by atoms with Crippen LogP contribution in [-0.4, -0.2) is 18.1 Å². The van der Waals surface area contributed by atoms with Crippen molar-refractivity contribution < 1.29 is 4.79 Å². The predicted octanol–water partition coefficient (Wildman–Crippen LogP) is 0.750. The Hall–Kier alpha value is -1.62. The Morgan fingerprint density at radius 2 is 2.00 bits per heavy atom. The maximum Gasteiger partial charge on any atom is 0.314 e. The fourth-order valence-corrected chi connectivity index (χ4v) is 1.19. The van der Waals surface area contributed by atoms with Gasteiger partial charge in [0.2, 0.25) is 0 Å². The number of amides is 2. The zero-order chi connectivity index (χ0) is 11.3. The van der Waals surface area contributed by atoms with E-state index < -0.39 is 0 Å². The topological polar surface area (TPSA) is 67.2 Å². The van der Waals surface area contributed by atoms with Crippen molar-refractivity contribution in [1.82, 2.24) is 10.6 Å². The van der Waals surface area contributed by atoms with Crippen LogP contribution in [0, 0.1) is 0 Å². The van der Waals surface area contributed by atoms with Crippen LogP contribution in [0.4, 0.5) is 4.79 Å². The number of hydrogen-bond donors (Lipinski definition) is 3. The van der Waals surface area contributed by atoms with Crippen LogP contribution in [0.5, 0.6) is 0 Å². The average molecular weight is 223 g/mol. The van der Waals surface area contributed by atoms with Gasteiger partial charge in [-0.25, -0.2) is 4.79 Å². The summed E-state index contributed by atoms with van der Waals surface area (Å²) in [5.74, 6) is 0. The number of hydrogen-bond acceptors (Lipinski definition) is 2. The highest BCUT2D eigenvalue weighted by atomic mass is 32.1. The Morgan fingerprint density at radius 3 is 2.47 bits per heavy atom. The molecule has 0 spiro atoms. The second-order valence-electron chi connectivity index (χ2n) is 2.99. The van der Waals surface area contributed by atoms with Crippen molar-refractivity contribution in [3.63, 3.8) is 0 Å². The van der Waals surface area contributed by atoms with Crippen molar-refractivity contribution in [2.75, 3.05) is 7.05 Å². The summed E-state index contributed by atoms with van der Waals surface area (Å²) >= 11 is 4.83. The molecule has 0 bridgehead atoms. The predicted molar refractivity (Wildman–Crippen MR) is 63.6 cm³/mol. The number of nitrogens with two attached hydrogens (primary N) is 1. The van der Waals surface area contributed by atoms with Crippen LogP contribution < -0.4 is 16.4 Å². The minimum absolute atomic E-state index is 0.201. The molecule has 0 aliphatic carbocycles. The van der Waals surface area contributed by atoms with Crippen molar-refractivity contribution >= 4 is 23.2 Å². The first kappa shape index (κ1) is 11.5. The third-order valence-electron chi connectivity index (χ3n) is 1.92. The Kier molecular flexibility index (Phi) is 4.05. The third-order valence-corrected chi connectivity index (χ3v) is 2.15. The van der Waals surface area contributed by atoms with Gasteiger partial charge >= 0.3 is 6.03 Å². The smallest absolute Gasteiger partial charge is 0.314 e. The van der Waals surface area contributed by atoms with E-state index in [0.29, 0.717) is 11.5 Å². The lowest BCUT2D eigenvalue weighted by molar-refractivity contribution is 0.242. The lowest BCUT2D eigenvalue weighted by atomic mass is 10.1. The molecule has 1 aromatic rings. The Labute approximate surface area is 93.9 Å². The molecule has 0 heterocycles. The highest BCUT2D eigenvalue weighted by Crippen LogP contribution is 2.03. The van der Waals surface area contributed by atoms with Gasteiger partial charge in [0.15, 0.2) is 0 Å². The van der Waals surface area contributed by atoms with Gasteiger partial charge in [-0.05, 0) is 5.56 Å². The molecule has 0 fully saturated rings. The number of rotatable bonds is 3. The summed E-state index contributed by atoms with van der Waals surface area (Å²) in [6.07, 6.45) is 0. The second-order valence-corrected chi connectivity index (χ2v) is 3.43. The van der Waals surface area contributed by atoms with Crippen molar-refractivity contribution in [3.05, 3.63) is 35.4 Å². The molecule has 4 nitrogen and oxygen atoms in total. The third kappa shape index (κ3) is 3.55. The molecule has 0 aliphatic heterocycles. The zero-order valence-corrected chi connectivity index (χ0v) is 9.23. The van der Waals surface area contributed by atoms with Crippen LogP contribution in [0.25, 0.3) is 0 Å². The molecule has 80 valence electrons. The van der Waals surface area contributed by atoms with Crippen LogP contribution in [0.1, 0.15) is 11.1 Å². The van der Waals surface area contributed by atoms with E-state index in [0.717, 1.165) is 11.1 Å². The number of carbonyl (C=O) groups excluding carboxylic acids is 1. The van der Waals surface area contributed by atoms with Gasteiger partial charge in [-0.15, -0.1) is 0 Å². The molecular formula is C10H13N3OS. The normalized spacial score (nSPS) is 9.40. The lowest BCUT2D eigenvalue weighted by Gasteiger charge is -2.05. The van der Waals surface area contributed by atoms with Crippen LogP contribution in [-0.2, 0) is 6.54 Å². The monoisotopic (exact) mass is 223 g/mol. The van der Waals surface area contributed by atoms with Crippen molar-refractivity contribution in [2.45, 2.75) is 6.54 Å². The molecule has 0 atom stereocenters. The highest BCUT2D eigenvalue weighted by molar-refractivity contribution is 7.80. The van der Waals surface area contributed by atoms with Gasteiger partial charge in [0.05, 0.1) is 0 Å². The molecule has 15 heavy (non-hydrogen) atoms. The van der Waals surface area contributed by atoms with Gasteiger partial charge in [-0.2, -0.15) is 0 Å². The number of carbonyl (C=O) groups is 1. The minimum Gasteiger partial charge on any atom is -0.389 e. The molecular weight excluding hydrogens is 210 g/mol. The molecule has 0 unspecified atom stereocenters. The van der Waals surface area contributed by atoms with Gasteiger partial charge in [-0.1, -0.05) is 36.5 Å². The second kappa shape index (κ2) is 5.31. The van der Waals surface area contributed by atoms with Crippen LogP contribution in [0.15, 0.2) is 24.3 Å². The van der Waals surface area contributed by atoms with Crippen molar-refractivity contribution in [1.29, 1.82) is 0 Å². The highest BCUT2D eigenvalue weighted by Gasteiger charge is 1.98. The maximum atomic E-state index is 10.9. The fraction of sp³-hybridized carbons (Fsp3) is 0.200. The molecule has 0 aliphatic rings. The first-order chi connectivity index (χ1) is 7.13. The van der Waals surface area contributed by atoms with E-state index in [4.69, 9.17) is 18.0 Å².